The third kappa shape index (κ3) is 3.55. The smallest absolute Gasteiger partial charge is 0.0754 e. The second-order valence-corrected chi connectivity index (χ2v) is 4.78. The molecule has 0 radical (unpaired) electrons. The van der Waals surface area contributed by atoms with Gasteiger partial charge in [0.1, 0.15) is 0 Å². The van der Waals surface area contributed by atoms with E-state index >= 15 is 0 Å². The number of hydrogen-bond donors (Lipinski definition) is 1. The molecule has 1 aromatic carbocycles. The van der Waals surface area contributed by atoms with Gasteiger partial charge in [0.2, 0.25) is 0 Å². The molecule has 0 aliphatic carbocycles. The number of halogens is 1. The Morgan fingerprint density at radius 1 is 1.38 bits per heavy atom. The molecule has 0 heterocycles. The molecule has 0 unspecified atom stereocenters. The Morgan fingerprint density at radius 3 is 2.54 bits per heavy atom. The summed E-state index contributed by atoms with van der Waals surface area (Å²) in [5.41, 5.74) is 0. The van der Waals surface area contributed by atoms with Gasteiger partial charge in [-0.2, -0.15) is 0 Å². The lowest BCUT2D eigenvalue weighted by Crippen LogP contribution is -1.83. The van der Waals surface area contributed by atoms with Gasteiger partial charge < -0.3 is 5.11 Å². The average molecular weight is 259 g/mol. The molecule has 1 N–H and O–H groups in total. The van der Waals surface area contributed by atoms with Crippen LogP contribution in [0.25, 0.3) is 0 Å². The second kappa shape index (κ2) is 5.47. The van der Waals surface area contributed by atoms with E-state index in [2.05, 4.69) is 15.9 Å². The maximum Gasteiger partial charge on any atom is 0.0754 e. The predicted octanol–water partition coefficient (Wildman–Crippen LogP) is 3.40. The molecule has 0 atom stereocenters. The number of aliphatic hydroxyl groups is 1. The largest absolute Gasteiger partial charge is 0.391 e. The molecule has 0 saturated heterocycles. The third-order valence-corrected chi connectivity index (χ3v) is 3.70. The predicted molar refractivity (Wildman–Crippen MR) is 61.0 cm³/mol. The maximum absolute atomic E-state index is 8.87. The second-order valence-electron chi connectivity index (χ2n) is 2.53. The van der Waals surface area contributed by atoms with Crippen LogP contribution in [0, 0.1) is 0 Å². The summed E-state index contributed by atoms with van der Waals surface area (Å²) in [4.78, 5) is 2.28. The van der Waals surface area contributed by atoms with E-state index in [1.807, 2.05) is 37.3 Å². The summed E-state index contributed by atoms with van der Waals surface area (Å²) in [7, 11) is 0. The van der Waals surface area contributed by atoms with Crippen LogP contribution in [-0.2, 0) is 0 Å². The Kier molecular flexibility index (Phi) is 4.56. The summed E-state index contributed by atoms with van der Waals surface area (Å²) in [6.45, 7) is 2.05. The van der Waals surface area contributed by atoms with E-state index < -0.39 is 0 Å². The first-order valence-electron chi connectivity index (χ1n) is 3.93. The highest BCUT2D eigenvalue weighted by Gasteiger charge is 1.99. The molecule has 1 aromatic rings. The molecule has 1 rings (SSSR count). The fraction of sp³-hybridized carbons (Fsp3) is 0.200. The lowest BCUT2D eigenvalue weighted by atomic mass is 10.4. The van der Waals surface area contributed by atoms with Gasteiger partial charge in [-0.25, -0.2) is 0 Å². The summed E-state index contributed by atoms with van der Waals surface area (Å²) in [6.07, 6.45) is 0. The Labute approximate surface area is 91.0 Å². The Hall–Kier alpha value is -0.250. The number of hydrogen-bond acceptors (Lipinski definition) is 2. The van der Waals surface area contributed by atoms with Crippen LogP contribution in [-0.4, -0.2) is 11.7 Å². The Morgan fingerprint density at radius 2 is 2.00 bits per heavy atom. The summed E-state index contributed by atoms with van der Waals surface area (Å²) in [5, 5.41) is 8.87. The van der Waals surface area contributed by atoms with E-state index in [1.165, 1.54) is 4.90 Å². The van der Waals surface area contributed by atoms with Gasteiger partial charge in [0.25, 0.3) is 0 Å². The fourth-order valence-electron chi connectivity index (χ4n) is 0.832. The van der Waals surface area contributed by atoms with E-state index in [0.29, 0.717) is 0 Å². The topological polar surface area (TPSA) is 20.2 Å². The highest BCUT2D eigenvalue weighted by Crippen LogP contribution is 2.29. The molecular formula is C10H11BrOS. The number of allylic oxidation sites excluding steroid dienone is 1. The molecule has 0 aliphatic rings. The quantitative estimate of drug-likeness (QED) is 0.839. The maximum atomic E-state index is 8.87. The van der Waals surface area contributed by atoms with Gasteiger partial charge in [-0.05, 0) is 24.0 Å². The molecule has 0 spiro atoms. The monoisotopic (exact) mass is 258 g/mol. The Balaban J connectivity index is 2.70. The molecular weight excluding hydrogens is 248 g/mol. The number of thioether (sulfide) groups is 1. The first kappa shape index (κ1) is 10.8. The standard InChI is InChI=1S/C10H11BrOS/c1-8(10(11)7-12)13-9-5-3-2-4-6-9/h2-6,12H,7H2,1H3/b10-8-. The van der Waals surface area contributed by atoms with Crippen LogP contribution in [0.3, 0.4) is 0 Å². The van der Waals surface area contributed by atoms with Crippen LogP contribution in [0.15, 0.2) is 44.6 Å². The van der Waals surface area contributed by atoms with Crippen molar-refractivity contribution in [2.75, 3.05) is 6.61 Å². The van der Waals surface area contributed by atoms with Crippen molar-refractivity contribution in [2.45, 2.75) is 11.8 Å². The molecule has 0 saturated carbocycles. The highest BCUT2D eigenvalue weighted by molar-refractivity contribution is 9.11. The summed E-state index contributed by atoms with van der Waals surface area (Å²) < 4.78 is 0.848. The molecule has 0 amide bonds. The number of benzene rings is 1. The first-order chi connectivity index (χ1) is 6.24. The minimum absolute atomic E-state index is 0.0612. The van der Waals surface area contributed by atoms with Crippen LogP contribution in [0.2, 0.25) is 0 Å². The summed E-state index contributed by atoms with van der Waals surface area (Å²) in [6, 6.07) is 10.1. The van der Waals surface area contributed by atoms with Crippen LogP contribution < -0.4 is 0 Å². The van der Waals surface area contributed by atoms with E-state index in [-0.39, 0.29) is 6.61 Å². The fourth-order valence-corrected chi connectivity index (χ4v) is 1.90. The van der Waals surface area contributed by atoms with Crippen molar-refractivity contribution in [3.8, 4) is 0 Å². The first-order valence-corrected chi connectivity index (χ1v) is 5.54. The van der Waals surface area contributed by atoms with Crippen molar-refractivity contribution < 1.29 is 5.11 Å². The Bertz CT molecular complexity index is 295. The molecule has 3 heteroatoms. The van der Waals surface area contributed by atoms with Crippen LogP contribution >= 0.6 is 27.7 Å². The SMILES string of the molecule is C/C(Sc1ccccc1)=C(/Br)CO. The van der Waals surface area contributed by atoms with Gasteiger partial charge in [0.15, 0.2) is 0 Å². The highest BCUT2D eigenvalue weighted by atomic mass is 79.9. The van der Waals surface area contributed by atoms with Crippen molar-refractivity contribution in [3.63, 3.8) is 0 Å². The normalized spacial score (nSPS) is 12.5. The van der Waals surface area contributed by atoms with Crippen molar-refractivity contribution >= 4 is 27.7 Å². The minimum Gasteiger partial charge on any atom is -0.391 e. The van der Waals surface area contributed by atoms with Gasteiger partial charge in [0.05, 0.1) is 6.61 Å². The summed E-state index contributed by atoms with van der Waals surface area (Å²) >= 11 is 4.96. The molecule has 13 heavy (non-hydrogen) atoms. The molecule has 1 nitrogen and oxygen atoms in total. The van der Waals surface area contributed by atoms with Gasteiger partial charge in [-0.15, -0.1) is 0 Å². The van der Waals surface area contributed by atoms with Crippen molar-refractivity contribution in [3.05, 3.63) is 39.7 Å². The average Bonchev–Trinajstić information content (AvgIpc) is 2.18. The van der Waals surface area contributed by atoms with Crippen LogP contribution in [0.4, 0.5) is 0 Å². The zero-order chi connectivity index (χ0) is 9.68. The minimum atomic E-state index is 0.0612. The number of rotatable bonds is 3. The number of aliphatic hydroxyl groups excluding tert-OH is 1. The zero-order valence-electron chi connectivity index (χ0n) is 7.33. The third-order valence-electron chi connectivity index (χ3n) is 1.53. The van der Waals surface area contributed by atoms with Gasteiger partial charge in [-0.3, -0.25) is 0 Å². The van der Waals surface area contributed by atoms with Gasteiger partial charge in [-0.1, -0.05) is 45.9 Å². The molecule has 0 aliphatic heterocycles. The van der Waals surface area contributed by atoms with Crippen LogP contribution in [0.1, 0.15) is 6.92 Å². The van der Waals surface area contributed by atoms with Crippen molar-refractivity contribution in [1.82, 2.24) is 0 Å². The summed E-state index contributed by atoms with van der Waals surface area (Å²) in [5.74, 6) is 0. The lowest BCUT2D eigenvalue weighted by molar-refractivity contribution is 0.340. The van der Waals surface area contributed by atoms with E-state index in [9.17, 15) is 0 Å². The van der Waals surface area contributed by atoms with E-state index in [4.69, 9.17) is 5.11 Å². The molecule has 0 fully saturated rings. The van der Waals surface area contributed by atoms with E-state index in [1.54, 1.807) is 11.8 Å². The van der Waals surface area contributed by atoms with Crippen molar-refractivity contribution in [2.24, 2.45) is 0 Å². The molecule has 0 bridgehead atoms. The van der Waals surface area contributed by atoms with Gasteiger partial charge in [0, 0.05) is 9.38 Å². The zero-order valence-corrected chi connectivity index (χ0v) is 9.73. The van der Waals surface area contributed by atoms with Gasteiger partial charge >= 0.3 is 0 Å². The van der Waals surface area contributed by atoms with Crippen molar-refractivity contribution in [1.29, 1.82) is 0 Å². The van der Waals surface area contributed by atoms with Crippen LogP contribution in [0.5, 0.6) is 0 Å². The van der Waals surface area contributed by atoms with E-state index in [0.717, 1.165) is 9.39 Å². The molecule has 70 valence electrons. The molecule has 0 aromatic heterocycles. The lowest BCUT2D eigenvalue weighted by Gasteiger charge is -2.03.